The summed E-state index contributed by atoms with van der Waals surface area (Å²) in [7, 11) is 0. The zero-order valence-corrected chi connectivity index (χ0v) is 14.8. The molecule has 1 heterocycles. The quantitative estimate of drug-likeness (QED) is 0.865. The zero-order valence-electron chi connectivity index (χ0n) is 14.8. The minimum atomic E-state index is 0.428. The first-order valence-electron chi connectivity index (χ1n) is 9.10. The molecule has 3 atom stereocenters. The van der Waals surface area contributed by atoms with Crippen molar-refractivity contribution < 1.29 is 0 Å². The summed E-state index contributed by atoms with van der Waals surface area (Å²) in [6, 6.07) is 0.428. The van der Waals surface area contributed by atoms with Gasteiger partial charge in [-0.25, -0.2) is 0 Å². The number of nitrogens with zero attached hydrogens (tertiary/aromatic N) is 2. The van der Waals surface area contributed by atoms with E-state index in [0.717, 1.165) is 5.92 Å². The van der Waals surface area contributed by atoms with Crippen molar-refractivity contribution in [3.63, 3.8) is 0 Å². The molecule has 0 amide bonds. The second-order valence-corrected chi connectivity index (χ2v) is 8.44. The predicted octanol–water partition coefficient (Wildman–Crippen LogP) is 2.80. The summed E-state index contributed by atoms with van der Waals surface area (Å²) in [6.07, 6.45) is 5.16. The summed E-state index contributed by atoms with van der Waals surface area (Å²) in [6.45, 7) is 16.9. The minimum absolute atomic E-state index is 0.428. The van der Waals surface area contributed by atoms with Gasteiger partial charge in [-0.2, -0.15) is 0 Å². The number of hydrogen-bond acceptors (Lipinski definition) is 3. The van der Waals surface area contributed by atoms with Gasteiger partial charge in [-0.15, -0.1) is 0 Å². The first kappa shape index (κ1) is 17.2. The van der Waals surface area contributed by atoms with E-state index < -0.39 is 0 Å². The monoisotopic (exact) mass is 295 g/mol. The fourth-order valence-electron chi connectivity index (χ4n) is 4.13. The number of rotatable bonds is 4. The van der Waals surface area contributed by atoms with E-state index in [-0.39, 0.29) is 0 Å². The number of hydrogen-bond donors (Lipinski definition) is 1. The Morgan fingerprint density at radius 3 is 2.19 bits per heavy atom. The Morgan fingerprint density at radius 2 is 1.62 bits per heavy atom. The molecule has 0 aromatic heterocycles. The van der Waals surface area contributed by atoms with E-state index in [9.17, 15) is 0 Å². The Morgan fingerprint density at radius 1 is 1.00 bits per heavy atom. The molecular formula is C18H37N3. The molecule has 0 bridgehead atoms. The molecule has 1 saturated heterocycles. The van der Waals surface area contributed by atoms with Crippen LogP contribution in [0.3, 0.4) is 0 Å². The van der Waals surface area contributed by atoms with E-state index in [1.807, 2.05) is 0 Å². The molecule has 3 heteroatoms. The average Bonchev–Trinajstić information content (AvgIpc) is 2.42. The van der Waals surface area contributed by atoms with E-state index >= 15 is 0 Å². The molecule has 3 nitrogen and oxygen atoms in total. The van der Waals surface area contributed by atoms with Crippen molar-refractivity contribution in [2.24, 2.45) is 23.0 Å². The van der Waals surface area contributed by atoms with E-state index in [2.05, 4.69) is 37.5 Å². The molecule has 2 N–H and O–H groups in total. The van der Waals surface area contributed by atoms with Crippen molar-refractivity contribution in [1.82, 2.24) is 9.80 Å². The van der Waals surface area contributed by atoms with Crippen LogP contribution in [0.1, 0.15) is 53.4 Å². The molecule has 0 spiro atoms. The van der Waals surface area contributed by atoms with Crippen LogP contribution in [0.4, 0.5) is 0 Å². The van der Waals surface area contributed by atoms with Crippen molar-refractivity contribution in [2.45, 2.75) is 59.4 Å². The predicted molar refractivity (Wildman–Crippen MR) is 91.4 cm³/mol. The highest BCUT2D eigenvalue weighted by Crippen LogP contribution is 2.40. The van der Waals surface area contributed by atoms with Gasteiger partial charge in [0.2, 0.25) is 0 Å². The van der Waals surface area contributed by atoms with Gasteiger partial charge in [0.05, 0.1) is 0 Å². The summed E-state index contributed by atoms with van der Waals surface area (Å²) in [5.41, 5.74) is 6.88. The summed E-state index contributed by atoms with van der Waals surface area (Å²) >= 11 is 0. The highest BCUT2D eigenvalue weighted by Gasteiger charge is 2.35. The highest BCUT2D eigenvalue weighted by atomic mass is 15.3. The molecule has 1 aliphatic carbocycles. The highest BCUT2D eigenvalue weighted by molar-refractivity contribution is 4.89. The molecule has 0 aromatic rings. The van der Waals surface area contributed by atoms with Crippen LogP contribution in [0.15, 0.2) is 0 Å². The maximum atomic E-state index is 6.44. The van der Waals surface area contributed by atoms with Crippen molar-refractivity contribution in [2.75, 3.05) is 39.3 Å². The lowest BCUT2D eigenvalue weighted by Gasteiger charge is -2.43. The smallest absolute Gasteiger partial charge is 0.0110 e. The van der Waals surface area contributed by atoms with Gasteiger partial charge >= 0.3 is 0 Å². The van der Waals surface area contributed by atoms with Gasteiger partial charge < -0.3 is 15.5 Å². The first-order chi connectivity index (χ1) is 9.90. The lowest BCUT2D eigenvalue weighted by Crippen LogP contribution is -2.51. The molecule has 1 aliphatic heterocycles. The standard InChI is InChI=1S/C18H37N3/c1-5-8-20-9-11-21(12-10-20)14-15-13-16(18(2,3)4)6-7-17(15)19/h15-17H,5-14,19H2,1-4H3. The van der Waals surface area contributed by atoms with E-state index in [4.69, 9.17) is 5.73 Å². The molecule has 0 radical (unpaired) electrons. The van der Waals surface area contributed by atoms with Crippen LogP contribution in [-0.2, 0) is 0 Å². The summed E-state index contributed by atoms with van der Waals surface area (Å²) in [4.78, 5) is 5.27. The van der Waals surface area contributed by atoms with Gasteiger partial charge in [0, 0.05) is 38.8 Å². The van der Waals surface area contributed by atoms with Crippen molar-refractivity contribution in [1.29, 1.82) is 0 Å². The van der Waals surface area contributed by atoms with Crippen LogP contribution < -0.4 is 5.73 Å². The summed E-state index contributed by atoms with van der Waals surface area (Å²) < 4.78 is 0. The van der Waals surface area contributed by atoms with Crippen LogP contribution in [0.25, 0.3) is 0 Å². The van der Waals surface area contributed by atoms with Crippen molar-refractivity contribution in [3.8, 4) is 0 Å². The Kier molecular flexibility index (Phi) is 6.10. The molecule has 124 valence electrons. The van der Waals surface area contributed by atoms with Crippen LogP contribution in [0.5, 0.6) is 0 Å². The molecule has 1 saturated carbocycles. The van der Waals surface area contributed by atoms with Gasteiger partial charge in [-0.3, -0.25) is 0 Å². The fraction of sp³-hybridized carbons (Fsp3) is 1.00. The molecule has 21 heavy (non-hydrogen) atoms. The molecule has 2 fully saturated rings. The van der Waals surface area contributed by atoms with Crippen LogP contribution in [0, 0.1) is 17.3 Å². The fourth-order valence-corrected chi connectivity index (χ4v) is 4.13. The largest absolute Gasteiger partial charge is 0.327 e. The van der Waals surface area contributed by atoms with Gasteiger partial charge in [0.25, 0.3) is 0 Å². The Balaban J connectivity index is 1.81. The zero-order chi connectivity index (χ0) is 15.5. The second kappa shape index (κ2) is 7.43. The SMILES string of the molecule is CCCN1CCN(CC2CC(C(C)(C)C)CCC2N)CC1. The van der Waals surface area contributed by atoms with Crippen LogP contribution in [-0.4, -0.2) is 55.1 Å². The third-order valence-electron chi connectivity index (χ3n) is 5.76. The number of piperazine rings is 1. The third-order valence-corrected chi connectivity index (χ3v) is 5.76. The van der Waals surface area contributed by atoms with E-state index in [1.165, 1.54) is 65.0 Å². The molecule has 2 aliphatic rings. The van der Waals surface area contributed by atoms with Gasteiger partial charge in [0.15, 0.2) is 0 Å². The summed E-state index contributed by atoms with van der Waals surface area (Å²) in [5, 5.41) is 0. The lowest BCUT2D eigenvalue weighted by atomic mass is 9.67. The van der Waals surface area contributed by atoms with Crippen LogP contribution in [0.2, 0.25) is 0 Å². The van der Waals surface area contributed by atoms with Gasteiger partial charge in [0.1, 0.15) is 0 Å². The molecule has 0 aromatic carbocycles. The molecule has 3 unspecified atom stereocenters. The van der Waals surface area contributed by atoms with Crippen molar-refractivity contribution in [3.05, 3.63) is 0 Å². The Labute approximate surface area is 132 Å². The van der Waals surface area contributed by atoms with Crippen LogP contribution >= 0.6 is 0 Å². The second-order valence-electron chi connectivity index (χ2n) is 8.44. The topological polar surface area (TPSA) is 32.5 Å². The Hall–Kier alpha value is -0.120. The first-order valence-corrected chi connectivity index (χ1v) is 9.10. The lowest BCUT2D eigenvalue weighted by molar-refractivity contribution is 0.0729. The Bertz CT molecular complexity index is 302. The average molecular weight is 296 g/mol. The maximum Gasteiger partial charge on any atom is 0.0110 e. The van der Waals surface area contributed by atoms with E-state index in [1.54, 1.807) is 0 Å². The third kappa shape index (κ3) is 4.94. The number of nitrogens with two attached hydrogens (primary N) is 1. The minimum Gasteiger partial charge on any atom is -0.327 e. The summed E-state index contributed by atoms with van der Waals surface area (Å²) in [5.74, 6) is 1.56. The van der Waals surface area contributed by atoms with E-state index in [0.29, 0.717) is 17.4 Å². The van der Waals surface area contributed by atoms with Gasteiger partial charge in [-0.05, 0) is 49.5 Å². The maximum absolute atomic E-state index is 6.44. The molecule has 2 rings (SSSR count). The van der Waals surface area contributed by atoms with Crippen molar-refractivity contribution >= 4 is 0 Å². The van der Waals surface area contributed by atoms with Gasteiger partial charge in [-0.1, -0.05) is 27.7 Å². The normalized spacial score (nSPS) is 33.3. The molecular weight excluding hydrogens is 258 g/mol.